The van der Waals surface area contributed by atoms with Gasteiger partial charge in [0.25, 0.3) is 5.91 Å². The summed E-state index contributed by atoms with van der Waals surface area (Å²) in [6.07, 6.45) is -0.956. The van der Waals surface area contributed by atoms with Gasteiger partial charge < -0.3 is 5.32 Å². The molecule has 0 unspecified atom stereocenters. The van der Waals surface area contributed by atoms with Crippen LogP contribution in [0.15, 0.2) is 12.1 Å². The zero-order valence-electron chi connectivity index (χ0n) is 11.5. The van der Waals surface area contributed by atoms with Crippen molar-refractivity contribution < 1.29 is 26.5 Å². The maximum Gasteiger partial charge on any atom is 0.370 e. The van der Waals surface area contributed by atoms with Crippen molar-refractivity contribution in [2.75, 3.05) is 6.54 Å². The third-order valence-electron chi connectivity index (χ3n) is 2.80. The summed E-state index contributed by atoms with van der Waals surface area (Å²) in [6, 6.07) is 3.66. The van der Waals surface area contributed by atoms with Crippen LogP contribution < -0.4 is 5.32 Å². The van der Waals surface area contributed by atoms with Gasteiger partial charge >= 0.3 is 15.4 Å². The molecule has 1 rings (SSSR count). The second-order valence-electron chi connectivity index (χ2n) is 4.57. The molecule has 0 atom stereocenters. The number of carbonyl (C=O) groups is 1. The average Bonchev–Trinajstić information content (AvgIpc) is 2.40. The number of halogens is 5. The molecule has 0 aliphatic heterocycles. The molecule has 2 N–H and O–H groups in total. The topological polar surface area (TPSA) is 83.5 Å². The summed E-state index contributed by atoms with van der Waals surface area (Å²) < 4.78 is 57.9. The van der Waals surface area contributed by atoms with Crippen molar-refractivity contribution in [3.63, 3.8) is 0 Å². The molecule has 0 saturated carbocycles. The first-order chi connectivity index (χ1) is 10.5. The van der Waals surface area contributed by atoms with E-state index in [9.17, 15) is 22.0 Å². The molecule has 0 saturated heterocycles. The summed E-state index contributed by atoms with van der Waals surface area (Å²) in [4.78, 5) is 12.1. The molecule has 0 bridgehead atoms. The number of unbranched alkanes of at least 4 members (excludes halogenated alkanes) is 1. The fourth-order valence-corrected chi connectivity index (χ4v) is 4.41. The molecule has 1 amide bonds. The Hall–Kier alpha value is 0.650. The fourth-order valence-electron chi connectivity index (χ4n) is 1.60. The molecule has 130 valence electrons. The van der Waals surface area contributed by atoms with E-state index >= 15 is 0 Å². The summed E-state index contributed by atoms with van der Waals surface area (Å²) in [7, 11) is -5.39. The molecule has 0 aromatic heterocycles. The predicted molar refractivity (Wildman–Crippen MR) is 107 cm³/mol. The first-order valence-corrected chi connectivity index (χ1v) is 10.9. The zero-order chi connectivity index (χ0) is 17.8. The molecule has 5 nitrogen and oxygen atoms in total. The smallest absolute Gasteiger partial charge is 0.352 e. The van der Waals surface area contributed by atoms with E-state index in [1.165, 1.54) is 0 Å². The second-order valence-corrected chi connectivity index (χ2v) is 9.61. The largest absolute Gasteiger partial charge is 0.370 e. The number of rotatable bonds is 7. The highest BCUT2D eigenvalue weighted by molar-refractivity contribution is 14.1. The van der Waals surface area contributed by atoms with Gasteiger partial charge in [-0.15, -0.1) is 0 Å². The highest BCUT2D eigenvalue weighted by Gasteiger charge is 2.42. The third-order valence-corrected chi connectivity index (χ3v) is 7.42. The highest BCUT2D eigenvalue weighted by atomic mass is 127. The van der Waals surface area contributed by atoms with Gasteiger partial charge in [0.2, 0.25) is 0 Å². The minimum atomic E-state index is -5.39. The Bertz CT molecular complexity index is 698. The van der Waals surface area contributed by atoms with E-state index in [-0.39, 0.29) is 25.3 Å². The maximum atomic E-state index is 13.0. The standard InChI is InChI=1S/C12H12F2I3NO4S/c13-12(14,23(20,21)22)3-1-2-4-18-11(19)8-5-7(15)6-9(16)10(8)17/h5-6H,1-4H2,(H,18,19)(H,20,21,22). The van der Waals surface area contributed by atoms with Gasteiger partial charge in [-0.3, -0.25) is 9.35 Å². The summed E-state index contributed by atoms with van der Waals surface area (Å²) >= 11 is 6.28. The minimum Gasteiger partial charge on any atom is -0.352 e. The number of benzene rings is 1. The van der Waals surface area contributed by atoms with E-state index < -0.39 is 21.8 Å². The van der Waals surface area contributed by atoms with E-state index in [4.69, 9.17) is 4.55 Å². The lowest BCUT2D eigenvalue weighted by Crippen LogP contribution is -2.29. The predicted octanol–water partition coefficient (Wildman–Crippen LogP) is 3.88. The second kappa shape index (κ2) is 8.84. The van der Waals surface area contributed by atoms with Crippen molar-refractivity contribution >= 4 is 83.8 Å². The molecule has 0 aliphatic carbocycles. The van der Waals surface area contributed by atoms with Gasteiger partial charge in [0, 0.05) is 23.7 Å². The quantitative estimate of drug-likeness (QED) is 0.198. The molecule has 1 aromatic carbocycles. The number of hydrogen-bond acceptors (Lipinski definition) is 3. The van der Waals surface area contributed by atoms with Crippen molar-refractivity contribution in [2.45, 2.75) is 24.5 Å². The monoisotopic (exact) mass is 685 g/mol. The molecular formula is C12H12F2I3NO4S. The van der Waals surface area contributed by atoms with Gasteiger partial charge in [-0.2, -0.15) is 17.2 Å². The van der Waals surface area contributed by atoms with Crippen molar-refractivity contribution in [1.82, 2.24) is 5.32 Å². The number of nitrogens with one attached hydrogen (secondary N) is 1. The Kier molecular flexibility index (Phi) is 8.34. The molecule has 0 heterocycles. The summed E-state index contributed by atoms with van der Waals surface area (Å²) in [5.41, 5.74) is 0.505. The lowest BCUT2D eigenvalue weighted by atomic mass is 10.2. The normalized spacial score (nSPS) is 12.3. The van der Waals surface area contributed by atoms with Gasteiger partial charge in [0.05, 0.1) is 5.56 Å². The number of carbonyl (C=O) groups excluding carboxylic acids is 1. The van der Waals surface area contributed by atoms with Crippen molar-refractivity contribution in [2.24, 2.45) is 0 Å². The van der Waals surface area contributed by atoms with Crippen LogP contribution in [0.1, 0.15) is 29.6 Å². The van der Waals surface area contributed by atoms with Crippen LogP contribution >= 0.6 is 67.8 Å². The molecule has 0 fully saturated rings. The molecule has 11 heteroatoms. The molecule has 0 spiro atoms. The lowest BCUT2D eigenvalue weighted by molar-refractivity contribution is 0.0684. The van der Waals surface area contributed by atoms with Crippen molar-refractivity contribution in [1.29, 1.82) is 0 Å². The van der Waals surface area contributed by atoms with E-state index in [1.807, 2.05) is 6.07 Å². The highest BCUT2D eigenvalue weighted by Crippen LogP contribution is 2.27. The zero-order valence-corrected chi connectivity index (χ0v) is 18.7. The first-order valence-electron chi connectivity index (χ1n) is 6.23. The van der Waals surface area contributed by atoms with Crippen molar-refractivity contribution in [3.05, 3.63) is 28.4 Å². The number of amides is 1. The van der Waals surface area contributed by atoms with Crippen LogP contribution in [0.5, 0.6) is 0 Å². The summed E-state index contributed by atoms with van der Waals surface area (Å²) in [6.45, 7) is 0.137. The fraction of sp³-hybridized carbons (Fsp3) is 0.417. The first kappa shape index (κ1) is 21.7. The Labute approximate surface area is 173 Å². The lowest BCUT2D eigenvalue weighted by Gasteiger charge is -2.13. The van der Waals surface area contributed by atoms with Gasteiger partial charge in [-0.05, 0) is 92.7 Å². The maximum absolute atomic E-state index is 13.0. The van der Waals surface area contributed by atoms with Crippen LogP contribution in [0, 0.1) is 10.7 Å². The summed E-state index contributed by atoms with van der Waals surface area (Å²) in [5, 5.41) is -1.54. The van der Waals surface area contributed by atoms with Crippen LogP contribution in [0.3, 0.4) is 0 Å². The van der Waals surface area contributed by atoms with Crippen molar-refractivity contribution in [3.8, 4) is 0 Å². The van der Waals surface area contributed by atoms with E-state index in [0.29, 0.717) is 5.56 Å². The number of alkyl halides is 2. The SMILES string of the molecule is O=C(NCCCCC(F)(F)S(=O)(=O)O)c1cc(I)cc(I)c1I. The minimum absolute atomic E-state index is 0.137. The molecular weight excluding hydrogens is 673 g/mol. The third kappa shape index (κ3) is 6.47. The van der Waals surface area contributed by atoms with Crippen LogP contribution in [-0.2, 0) is 10.1 Å². The average molecular weight is 685 g/mol. The molecule has 0 aliphatic rings. The van der Waals surface area contributed by atoms with Crippen LogP contribution in [-0.4, -0.2) is 30.7 Å². The van der Waals surface area contributed by atoms with Gasteiger partial charge in [-0.1, -0.05) is 0 Å². The van der Waals surface area contributed by atoms with Gasteiger partial charge in [0.1, 0.15) is 0 Å². The van der Waals surface area contributed by atoms with E-state index in [2.05, 4.69) is 73.1 Å². The van der Waals surface area contributed by atoms with Crippen LogP contribution in [0.4, 0.5) is 8.78 Å². The molecule has 23 heavy (non-hydrogen) atoms. The molecule has 1 aromatic rings. The Morgan fingerprint density at radius 1 is 1.22 bits per heavy atom. The van der Waals surface area contributed by atoms with E-state index in [0.717, 1.165) is 10.7 Å². The Morgan fingerprint density at radius 2 is 1.83 bits per heavy atom. The molecule has 0 radical (unpaired) electrons. The Morgan fingerprint density at radius 3 is 2.39 bits per heavy atom. The van der Waals surface area contributed by atoms with E-state index in [1.54, 1.807) is 6.07 Å². The van der Waals surface area contributed by atoms with Crippen LogP contribution in [0.2, 0.25) is 0 Å². The summed E-state index contributed by atoms with van der Waals surface area (Å²) in [5.74, 6) is -0.313. The number of hydrogen-bond donors (Lipinski definition) is 2. The van der Waals surface area contributed by atoms with Gasteiger partial charge in [0.15, 0.2) is 0 Å². The van der Waals surface area contributed by atoms with Gasteiger partial charge in [-0.25, -0.2) is 0 Å². The van der Waals surface area contributed by atoms with Crippen LogP contribution in [0.25, 0.3) is 0 Å². The Balaban J connectivity index is 2.50.